The summed E-state index contributed by atoms with van der Waals surface area (Å²) in [5.41, 5.74) is 1.73. The summed E-state index contributed by atoms with van der Waals surface area (Å²) in [6, 6.07) is 12.0. The van der Waals surface area contributed by atoms with E-state index >= 15 is 0 Å². The van der Waals surface area contributed by atoms with Crippen molar-refractivity contribution >= 4 is 33.5 Å². The predicted molar refractivity (Wildman–Crippen MR) is 102 cm³/mol. The average molecular weight is 394 g/mol. The zero-order valence-corrected chi connectivity index (χ0v) is 15.5. The molecule has 9 heteroatoms. The third-order valence-corrected chi connectivity index (χ3v) is 5.55. The summed E-state index contributed by atoms with van der Waals surface area (Å²) >= 11 is 0. The van der Waals surface area contributed by atoms with E-state index in [9.17, 15) is 18.0 Å². The molecule has 0 spiro atoms. The molecule has 0 fully saturated rings. The van der Waals surface area contributed by atoms with Gasteiger partial charge in [0.2, 0.25) is 5.95 Å². The van der Waals surface area contributed by atoms with Gasteiger partial charge in [-0.1, -0.05) is 12.1 Å². The quantitative estimate of drug-likeness (QED) is 0.681. The highest BCUT2D eigenvalue weighted by molar-refractivity contribution is 7.92. The Morgan fingerprint density at radius 1 is 0.857 bits per heavy atom. The van der Waals surface area contributed by atoms with Crippen molar-refractivity contribution in [3.05, 3.63) is 77.6 Å². The van der Waals surface area contributed by atoms with Gasteiger partial charge in [0.05, 0.1) is 21.7 Å². The number of fused-ring (bicyclic) bond motifs is 1. The second-order valence-corrected chi connectivity index (χ2v) is 7.86. The molecule has 0 saturated carbocycles. The summed E-state index contributed by atoms with van der Waals surface area (Å²) in [5, 5.41) is 0. The second-order valence-electron chi connectivity index (χ2n) is 6.17. The Hall–Kier alpha value is -3.59. The van der Waals surface area contributed by atoms with Crippen molar-refractivity contribution in [3.8, 4) is 0 Å². The number of amides is 2. The fourth-order valence-corrected chi connectivity index (χ4v) is 3.78. The number of rotatable bonds is 4. The van der Waals surface area contributed by atoms with Gasteiger partial charge in [0.15, 0.2) is 0 Å². The van der Waals surface area contributed by atoms with E-state index in [1.807, 2.05) is 0 Å². The van der Waals surface area contributed by atoms with E-state index in [0.717, 1.165) is 10.5 Å². The van der Waals surface area contributed by atoms with Crippen molar-refractivity contribution in [1.82, 2.24) is 9.97 Å². The molecule has 0 saturated heterocycles. The van der Waals surface area contributed by atoms with Crippen LogP contribution in [0.25, 0.3) is 0 Å². The van der Waals surface area contributed by atoms with Crippen LogP contribution in [0.4, 0.5) is 11.6 Å². The largest absolute Gasteiger partial charge is 0.268 e. The Labute approximate surface area is 160 Å². The van der Waals surface area contributed by atoms with Gasteiger partial charge in [-0.3, -0.25) is 9.59 Å². The number of sulfonamides is 1. The SMILES string of the molecule is Cc1cnc(NS(=O)(=O)c2ccc(N3C(=O)c4ccccc4C3=O)cc2)nc1. The Kier molecular flexibility index (Phi) is 4.16. The molecule has 2 aromatic carbocycles. The molecule has 1 N–H and O–H groups in total. The van der Waals surface area contributed by atoms with Crippen molar-refractivity contribution in [1.29, 1.82) is 0 Å². The number of aromatic nitrogens is 2. The molecule has 0 radical (unpaired) electrons. The normalized spacial score (nSPS) is 13.5. The van der Waals surface area contributed by atoms with Crippen molar-refractivity contribution < 1.29 is 18.0 Å². The lowest BCUT2D eigenvalue weighted by molar-refractivity contribution is 0.0926. The van der Waals surface area contributed by atoms with Crippen LogP contribution >= 0.6 is 0 Å². The van der Waals surface area contributed by atoms with Crippen molar-refractivity contribution in [2.75, 3.05) is 9.62 Å². The summed E-state index contributed by atoms with van der Waals surface area (Å²) in [7, 11) is -3.91. The van der Waals surface area contributed by atoms with Gasteiger partial charge in [0.1, 0.15) is 0 Å². The third-order valence-electron chi connectivity index (χ3n) is 4.21. The van der Waals surface area contributed by atoms with Crippen LogP contribution in [-0.2, 0) is 10.0 Å². The molecule has 8 nitrogen and oxygen atoms in total. The number of imide groups is 1. The molecule has 2 amide bonds. The van der Waals surface area contributed by atoms with E-state index in [-0.39, 0.29) is 16.5 Å². The van der Waals surface area contributed by atoms with Gasteiger partial charge in [-0.15, -0.1) is 0 Å². The minimum atomic E-state index is -3.91. The molecule has 0 atom stereocenters. The van der Waals surface area contributed by atoms with Crippen LogP contribution in [0.3, 0.4) is 0 Å². The number of carbonyl (C=O) groups is 2. The first-order valence-corrected chi connectivity index (χ1v) is 9.74. The molecule has 4 rings (SSSR count). The molecule has 1 aromatic heterocycles. The summed E-state index contributed by atoms with van der Waals surface area (Å²) in [5.74, 6) is -0.931. The van der Waals surface area contributed by atoms with Crippen LogP contribution in [0.2, 0.25) is 0 Å². The van der Waals surface area contributed by atoms with E-state index in [2.05, 4.69) is 14.7 Å². The molecule has 1 aliphatic heterocycles. The minimum absolute atomic E-state index is 0.0444. The van der Waals surface area contributed by atoms with Crippen molar-refractivity contribution in [2.45, 2.75) is 11.8 Å². The maximum absolute atomic E-state index is 12.5. The van der Waals surface area contributed by atoms with E-state index in [1.54, 1.807) is 31.2 Å². The lowest BCUT2D eigenvalue weighted by Crippen LogP contribution is -2.29. The van der Waals surface area contributed by atoms with Crippen LogP contribution in [0.15, 0.2) is 65.8 Å². The van der Waals surface area contributed by atoms with Crippen LogP contribution < -0.4 is 9.62 Å². The number of hydrogen-bond donors (Lipinski definition) is 1. The number of nitrogens with one attached hydrogen (secondary N) is 1. The fourth-order valence-electron chi connectivity index (χ4n) is 2.82. The first kappa shape index (κ1) is 17.8. The van der Waals surface area contributed by atoms with Gasteiger partial charge in [0, 0.05) is 12.4 Å². The molecule has 140 valence electrons. The number of nitrogens with zero attached hydrogens (tertiary/aromatic N) is 3. The first-order valence-electron chi connectivity index (χ1n) is 8.26. The fraction of sp³-hybridized carbons (Fsp3) is 0.0526. The summed E-state index contributed by atoms with van der Waals surface area (Å²) in [4.78, 5) is 33.8. The van der Waals surface area contributed by atoms with E-state index in [1.165, 1.54) is 36.7 Å². The maximum Gasteiger partial charge on any atom is 0.266 e. The highest BCUT2D eigenvalue weighted by Gasteiger charge is 2.36. The highest BCUT2D eigenvalue weighted by Crippen LogP contribution is 2.29. The number of carbonyl (C=O) groups excluding carboxylic acids is 2. The van der Waals surface area contributed by atoms with E-state index in [0.29, 0.717) is 11.1 Å². The van der Waals surface area contributed by atoms with Crippen LogP contribution in [0.1, 0.15) is 26.3 Å². The Morgan fingerprint density at radius 2 is 1.39 bits per heavy atom. The molecular weight excluding hydrogens is 380 g/mol. The van der Waals surface area contributed by atoms with E-state index in [4.69, 9.17) is 0 Å². The number of benzene rings is 2. The van der Waals surface area contributed by atoms with Crippen LogP contribution in [0.5, 0.6) is 0 Å². The smallest absolute Gasteiger partial charge is 0.266 e. The van der Waals surface area contributed by atoms with Gasteiger partial charge >= 0.3 is 0 Å². The Morgan fingerprint density at radius 3 is 1.93 bits per heavy atom. The monoisotopic (exact) mass is 394 g/mol. The standard InChI is InChI=1S/C19H14N4O4S/c1-12-10-20-19(21-11-12)22-28(26,27)14-8-6-13(7-9-14)23-17(24)15-4-2-3-5-16(15)18(23)25/h2-11H,1H3,(H,20,21,22). The van der Waals surface area contributed by atoms with Gasteiger partial charge in [0.25, 0.3) is 21.8 Å². The molecular formula is C19H14N4O4S. The van der Waals surface area contributed by atoms with Crippen LogP contribution in [0, 0.1) is 6.92 Å². The third kappa shape index (κ3) is 3.01. The van der Waals surface area contributed by atoms with Crippen molar-refractivity contribution in [3.63, 3.8) is 0 Å². The lowest BCUT2D eigenvalue weighted by Gasteiger charge is -2.14. The van der Waals surface area contributed by atoms with Gasteiger partial charge in [-0.2, -0.15) is 0 Å². The second kappa shape index (κ2) is 6.54. The number of aryl methyl sites for hydroxylation is 1. The highest BCUT2D eigenvalue weighted by atomic mass is 32.2. The van der Waals surface area contributed by atoms with Gasteiger partial charge in [-0.25, -0.2) is 28.0 Å². The minimum Gasteiger partial charge on any atom is -0.268 e. The molecule has 2 heterocycles. The molecule has 0 bridgehead atoms. The molecule has 0 unspecified atom stereocenters. The molecule has 28 heavy (non-hydrogen) atoms. The Balaban J connectivity index is 1.60. The predicted octanol–water partition coefficient (Wildman–Crippen LogP) is 2.39. The molecule has 3 aromatic rings. The zero-order valence-electron chi connectivity index (χ0n) is 14.7. The zero-order chi connectivity index (χ0) is 19.9. The van der Waals surface area contributed by atoms with Gasteiger partial charge in [-0.05, 0) is 48.9 Å². The average Bonchev–Trinajstić information content (AvgIpc) is 2.95. The van der Waals surface area contributed by atoms with Crippen molar-refractivity contribution in [2.24, 2.45) is 0 Å². The summed E-state index contributed by atoms with van der Waals surface area (Å²) < 4.78 is 27.3. The molecule has 0 aliphatic carbocycles. The van der Waals surface area contributed by atoms with Gasteiger partial charge < -0.3 is 0 Å². The number of hydrogen-bond acceptors (Lipinski definition) is 6. The topological polar surface area (TPSA) is 109 Å². The van der Waals surface area contributed by atoms with Crippen LogP contribution in [-0.4, -0.2) is 30.2 Å². The summed E-state index contributed by atoms with van der Waals surface area (Å²) in [6.45, 7) is 1.79. The first-order chi connectivity index (χ1) is 13.4. The van der Waals surface area contributed by atoms with E-state index < -0.39 is 21.8 Å². The number of anilines is 2. The maximum atomic E-state index is 12.5. The Bertz CT molecular complexity index is 1150. The summed E-state index contributed by atoms with van der Waals surface area (Å²) in [6.07, 6.45) is 2.99. The lowest BCUT2D eigenvalue weighted by atomic mass is 10.1. The molecule has 1 aliphatic rings.